The molecule has 1 aliphatic rings. The highest BCUT2D eigenvalue weighted by Gasteiger charge is 2.45. The fraction of sp³-hybridized carbons (Fsp3) is 0.400. The molecule has 1 atom stereocenters. The molecule has 0 aliphatic carbocycles. The fourth-order valence-corrected chi connectivity index (χ4v) is 3.78. The largest absolute Gasteiger partial charge is 0.497 e. The summed E-state index contributed by atoms with van der Waals surface area (Å²) < 4.78 is 30.4. The van der Waals surface area contributed by atoms with E-state index in [2.05, 4.69) is 0 Å². The Kier molecular flexibility index (Phi) is 7.43. The molecule has 0 unspecified atom stereocenters. The van der Waals surface area contributed by atoms with Gasteiger partial charge in [-0.3, -0.25) is 14.4 Å². The third kappa shape index (κ3) is 5.75. The molecule has 0 saturated carbocycles. The van der Waals surface area contributed by atoms with E-state index in [1.165, 1.54) is 25.3 Å². The molecule has 2 aromatic carbocycles. The summed E-state index contributed by atoms with van der Waals surface area (Å²) in [5, 5.41) is 0. The smallest absolute Gasteiger partial charge is 0.306 e. The number of rotatable bonds is 9. The number of nitrogens with two attached hydrogens (primary N) is 1. The summed E-state index contributed by atoms with van der Waals surface area (Å²) in [7, 11) is 7.79. The van der Waals surface area contributed by atoms with Crippen LogP contribution < -0.4 is 15.2 Å². The third-order valence-corrected chi connectivity index (χ3v) is 5.60. The van der Waals surface area contributed by atoms with E-state index < -0.39 is 34.6 Å². The Morgan fingerprint density at radius 3 is 2.54 bits per heavy atom. The van der Waals surface area contributed by atoms with E-state index in [1.54, 1.807) is 39.0 Å². The number of carbonyl (C=O) groups excluding carboxylic acids is 3. The lowest BCUT2D eigenvalue weighted by Gasteiger charge is -2.36. The molecule has 1 heterocycles. The Hall–Kier alpha value is -3.56. The van der Waals surface area contributed by atoms with Gasteiger partial charge in [0.1, 0.15) is 37.4 Å². The van der Waals surface area contributed by atoms with Gasteiger partial charge < -0.3 is 24.8 Å². The van der Waals surface area contributed by atoms with Crippen LogP contribution in [-0.4, -0.2) is 48.7 Å². The number of hydrogen-bond donors (Lipinski definition) is 1. The van der Waals surface area contributed by atoms with Crippen molar-refractivity contribution >= 4 is 25.6 Å². The lowest BCUT2D eigenvalue weighted by atomic mass is 9.72. The summed E-state index contributed by atoms with van der Waals surface area (Å²) in [5.41, 5.74) is 3.97. The summed E-state index contributed by atoms with van der Waals surface area (Å²) in [5.74, 6) is -1.70. The number of esters is 1. The highest BCUT2D eigenvalue weighted by molar-refractivity contribution is 6.30. The zero-order valence-electron chi connectivity index (χ0n) is 20.2. The molecule has 0 bridgehead atoms. The monoisotopic (exact) mass is 482 g/mol. The normalized spacial score (nSPS) is 14.8. The summed E-state index contributed by atoms with van der Waals surface area (Å²) >= 11 is 0. The standard InChI is InChI=1S/C25H28BFN2O6/c1-24(2,3)35-21(30)10-11-25(26,23(28)32)29-13-18-17(22(29)31)6-5-7-20(18)34-14-15-12-16(33-4)8-9-19(15)27/h5-9,12H,10-11,13-14H2,1-4H3,(H2,28,32)/t25-/m0/s1. The van der Waals surface area contributed by atoms with Crippen molar-refractivity contribution in [3.63, 3.8) is 0 Å². The molecule has 0 aromatic heterocycles. The van der Waals surface area contributed by atoms with Gasteiger partial charge in [-0.1, -0.05) is 6.07 Å². The molecule has 0 spiro atoms. The van der Waals surface area contributed by atoms with Crippen LogP contribution in [-0.2, 0) is 27.5 Å². The molecular formula is C25H28BFN2O6. The number of fused-ring (bicyclic) bond motifs is 1. The number of ether oxygens (including phenoxy) is 3. The van der Waals surface area contributed by atoms with Crippen LogP contribution in [0.4, 0.5) is 4.39 Å². The maximum atomic E-state index is 14.2. The first-order valence-corrected chi connectivity index (χ1v) is 11.1. The van der Waals surface area contributed by atoms with Gasteiger partial charge in [0.2, 0.25) is 5.91 Å². The van der Waals surface area contributed by atoms with Crippen LogP contribution in [0.1, 0.15) is 55.1 Å². The van der Waals surface area contributed by atoms with Crippen LogP contribution in [0.5, 0.6) is 11.5 Å². The quantitative estimate of drug-likeness (QED) is 0.435. The van der Waals surface area contributed by atoms with Gasteiger partial charge in [-0.05, 0) is 57.5 Å². The lowest BCUT2D eigenvalue weighted by molar-refractivity contribution is -0.155. The Labute approximate surface area is 204 Å². The zero-order chi connectivity index (χ0) is 26.0. The molecule has 2 N–H and O–H groups in total. The molecule has 1 aliphatic heterocycles. The Balaban J connectivity index is 1.80. The van der Waals surface area contributed by atoms with Gasteiger partial charge >= 0.3 is 5.97 Å². The van der Waals surface area contributed by atoms with Crippen molar-refractivity contribution in [2.75, 3.05) is 7.11 Å². The van der Waals surface area contributed by atoms with E-state index in [1.807, 2.05) is 0 Å². The van der Waals surface area contributed by atoms with Crippen molar-refractivity contribution in [3.8, 4) is 11.5 Å². The summed E-state index contributed by atoms with van der Waals surface area (Å²) in [6.07, 6.45) is -0.433. The second-order valence-electron chi connectivity index (χ2n) is 9.29. The summed E-state index contributed by atoms with van der Waals surface area (Å²) in [6, 6.07) is 9.12. The number of hydrogen-bond acceptors (Lipinski definition) is 6. The second-order valence-corrected chi connectivity index (χ2v) is 9.29. The van der Waals surface area contributed by atoms with Gasteiger partial charge in [-0.2, -0.15) is 0 Å². The van der Waals surface area contributed by atoms with Crippen molar-refractivity contribution in [1.82, 2.24) is 4.90 Å². The second kappa shape index (κ2) is 9.97. The van der Waals surface area contributed by atoms with E-state index in [0.717, 1.165) is 4.90 Å². The van der Waals surface area contributed by atoms with E-state index in [0.29, 0.717) is 17.1 Å². The molecular weight excluding hydrogens is 454 g/mol. The van der Waals surface area contributed by atoms with Crippen molar-refractivity contribution in [2.45, 2.75) is 57.8 Å². The maximum absolute atomic E-state index is 14.2. The number of methoxy groups -OCH3 is 1. The molecule has 0 saturated heterocycles. The number of nitrogens with zero attached hydrogens (tertiary/aromatic N) is 1. The van der Waals surface area contributed by atoms with E-state index in [-0.39, 0.29) is 37.1 Å². The van der Waals surface area contributed by atoms with Crippen LogP contribution in [0.2, 0.25) is 0 Å². The summed E-state index contributed by atoms with van der Waals surface area (Å²) in [4.78, 5) is 38.9. The molecule has 2 amide bonds. The van der Waals surface area contributed by atoms with Crippen molar-refractivity contribution < 1.29 is 33.0 Å². The number of carbonyl (C=O) groups is 3. The average molecular weight is 482 g/mol. The van der Waals surface area contributed by atoms with Crippen LogP contribution in [0.3, 0.4) is 0 Å². The van der Waals surface area contributed by atoms with Crippen LogP contribution >= 0.6 is 0 Å². The SMILES string of the molecule is [B][C@](CCC(=O)OC(C)(C)C)(C(N)=O)N1Cc2c(OCc3cc(OC)ccc3F)cccc2C1=O. The molecule has 8 nitrogen and oxygen atoms in total. The third-order valence-electron chi connectivity index (χ3n) is 5.60. The topological polar surface area (TPSA) is 108 Å². The first kappa shape index (κ1) is 26.1. The minimum absolute atomic E-state index is 0.0707. The van der Waals surface area contributed by atoms with Gasteiger partial charge in [0.15, 0.2) is 0 Å². The Bertz CT molecular complexity index is 1150. The number of halogens is 1. The number of primary amides is 1. The predicted octanol–water partition coefficient (Wildman–Crippen LogP) is 2.84. The molecule has 35 heavy (non-hydrogen) atoms. The van der Waals surface area contributed by atoms with Crippen LogP contribution in [0, 0.1) is 5.82 Å². The first-order chi connectivity index (χ1) is 16.4. The van der Waals surface area contributed by atoms with Crippen molar-refractivity contribution in [2.24, 2.45) is 5.73 Å². The van der Waals surface area contributed by atoms with Gasteiger partial charge in [-0.25, -0.2) is 4.39 Å². The fourth-order valence-electron chi connectivity index (χ4n) is 3.78. The molecule has 2 aromatic rings. The summed E-state index contributed by atoms with van der Waals surface area (Å²) in [6.45, 7) is 4.96. The van der Waals surface area contributed by atoms with Crippen LogP contribution in [0.15, 0.2) is 36.4 Å². The van der Waals surface area contributed by atoms with Crippen molar-refractivity contribution in [3.05, 3.63) is 58.9 Å². The van der Waals surface area contributed by atoms with Gasteiger partial charge in [0, 0.05) is 23.1 Å². The number of amides is 2. The predicted molar refractivity (Wildman–Crippen MR) is 126 cm³/mol. The molecule has 10 heteroatoms. The highest BCUT2D eigenvalue weighted by atomic mass is 19.1. The minimum Gasteiger partial charge on any atom is -0.497 e. The van der Waals surface area contributed by atoms with Gasteiger partial charge in [-0.15, -0.1) is 0 Å². The van der Waals surface area contributed by atoms with Gasteiger partial charge in [0.05, 0.1) is 19.1 Å². The number of benzene rings is 2. The average Bonchev–Trinajstić information content (AvgIpc) is 3.13. The molecule has 2 radical (unpaired) electrons. The van der Waals surface area contributed by atoms with E-state index in [4.69, 9.17) is 27.8 Å². The Morgan fingerprint density at radius 2 is 1.91 bits per heavy atom. The Morgan fingerprint density at radius 1 is 1.20 bits per heavy atom. The minimum atomic E-state index is -1.93. The van der Waals surface area contributed by atoms with E-state index >= 15 is 0 Å². The molecule has 3 rings (SSSR count). The lowest BCUT2D eigenvalue weighted by Crippen LogP contribution is -2.58. The first-order valence-electron chi connectivity index (χ1n) is 11.1. The maximum Gasteiger partial charge on any atom is 0.306 e. The van der Waals surface area contributed by atoms with Gasteiger partial charge in [0.25, 0.3) is 5.91 Å². The highest BCUT2D eigenvalue weighted by Crippen LogP contribution is 2.36. The van der Waals surface area contributed by atoms with Crippen LogP contribution in [0.25, 0.3) is 0 Å². The molecule has 184 valence electrons. The zero-order valence-corrected chi connectivity index (χ0v) is 20.2. The molecule has 0 fully saturated rings. The van der Waals surface area contributed by atoms with E-state index in [9.17, 15) is 18.8 Å². The van der Waals surface area contributed by atoms with Crippen molar-refractivity contribution in [1.29, 1.82) is 0 Å².